The predicted octanol–water partition coefficient (Wildman–Crippen LogP) is 3.03. The molecule has 1 aromatic rings. The molecular formula is C9H8ClF3N2O. The van der Waals surface area contributed by atoms with E-state index in [4.69, 9.17) is 21.6 Å². The number of nitriles is 1. The van der Waals surface area contributed by atoms with Crippen molar-refractivity contribution in [3.8, 4) is 6.07 Å². The van der Waals surface area contributed by atoms with Crippen molar-refractivity contribution in [2.45, 2.75) is 19.8 Å². The molecule has 0 aliphatic carbocycles. The van der Waals surface area contributed by atoms with Gasteiger partial charge in [0.25, 0.3) is 0 Å². The molecule has 0 spiro atoms. The van der Waals surface area contributed by atoms with Crippen molar-refractivity contribution < 1.29 is 17.9 Å². The lowest BCUT2D eigenvalue weighted by Crippen LogP contribution is -2.15. The molecule has 0 saturated carbocycles. The molecule has 0 radical (unpaired) electrons. The minimum absolute atomic E-state index is 0.214. The van der Waals surface area contributed by atoms with Crippen molar-refractivity contribution in [1.82, 2.24) is 4.57 Å². The number of aromatic nitrogens is 1. The Morgan fingerprint density at radius 1 is 1.56 bits per heavy atom. The summed E-state index contributed by atoms with van der Waals surface area (Å²) < 4.78 is 43.5. The fraction of sp³-hybridized carbons (Fsp3) is 0.444. The van der Waals surface area contributed by atoms with Gasteiger partial charge < -0.3 is 9.30 Å². The van der Waals surface area contributed by atoms with E-state index in [1.165, 1.54) is 0 Å². The lowest BCUT2D eigenvalue weighted by molar-refractivity contribution is -0.145. The Labute approximate surface area is 95.0 Å². The Kier molecular flexibility index (Phi) is 3.83. The van der Waals surface area contributed by atoms with Gasteiger partial charge in [0.2, 0.25) is 0 Å². The molecule has 0 bridgehead atoms. The van der Waals surface area contributed by atoms with Crippen LogP contribution in [0.25, 0.3) is 0 Å². The van der Waals surface area contributed by atoms with Crippen molar-refractivity contribution in [3.05, 3.63) is 22.5 Å². The zero-order chi connectivity index (χ0) is 12.3. The molecule has 0 N–H and O–H groups in total. The summed E-state index contributed by atoms with van der Waals surface area (Å²) in [5.41, 5.74) is -1.27. The third-order valence-electron chi connectivity index (χ3n) is 1.84. The number of nitrogens with zero attached hydrogens (tertiary/aromatic N) is 2. The second-order valence-corrected chi connectivity index (χ2v) is 3.28. The van der Waals surface area contributed by atoms with Gasteiger partial charge in [-0.3, -0.25) is 0 Å². The SMILES string of the molecule is CCOCn1cc(C#N)c(Cl)c1C(F)(F)F. The third kappa shape index (κ3) is 2.49. The van der Waals surface area contributed by atoms with Gasteiger partial charge >= 0.3 is 6.18 Å². The largest absolute Gasteiger partial charge is 0.433 e. The highest BCUT2D eigenvalue weighted by molar-refractivity contribution is 6.32. The van der Waals surface area contributed by atoms with Gasteiger partial charge in [-0.05, 0) is 6.92 Å². The summed E-state index contributed by atoms with van der Waals surface area (Å²) in [5.74, 6) is 0. The van der Waals surface area contributed by atoms with Crippen molar-refractivity contribution in [2.75, 3.05) is 6.61 Å². The molecule has 1 rings (SSSR count). The molecule has 88 valence electrons. The Hall–Kier alpha value is -1.19. The first-order chi connectivity index (χ1) is 7.41. The van der Waals surface area contributed by atoms with E-state index in [9.17, 15) is 13.2 Å². The summed E-state index contributed by atoms with van der Waals surface area (Å²) in [5, 5.41) is 8.00. The Bertz CT molecular complexity index is 420. The normalized spacial score (nSPS) is 11.5. The number of hydrogen-bond donors (Lipinski definition) is 0. The second kappa shape index (κ2) is 4.76. The first-order valence-electron chi connectivity index (χ1n) is 4.35. The molecule has 1 heterocycles. The highest BCUT2D eigenvalue weighted by Crippen LogP contribution is 2.37. The third-order valence-corrected chi connectivity index (χ3v) is 2.22. The number of rotatable bonds is 3. The van der Waals surface area contributed by atoms with E-state index in [0.717, 1.165) is 10.8 Å². The van der Waals surface area contributed by atoms with Crippen molar-refractivity contribution in [1.29, 1.82) is 5.26 Å². The van der Waals surface area contributed by atoms with Gasteiger partial charge in [-0.15, -0.1) is 0 Å². The van der Waals surface area contributed by atoms with Crippen LogP contribution in [0.5, 0.6) is 0 Å². The van der Waals surface area contributed by atoms with Gasteiger partial charge in [0.05, 0.1) is 10.6 Å². The maximum Gasteiger partial charge on any atom is 0.433 e. The van der Waals surface area contributed by atoms with E-state index >= 15 is 0 Å². The van der Waals surface area contributed by atoms with Gasteiger partial charge in [-0.2, -0.15) is 18.4 Å². The van der Waals surface area contributed by atoms with Gasteiger partial charge in [0.1, 0.15) is 18.5 Å². The van der Waals surface area contributed by atoms with E-state index in [0.29, 0.717) is 0 Å². The van der Waals surface area contributed by atoms with E-state index in [2.05, 4.69) is 0 Å². The highest BCUT2D eigenvalue weighted by atomic mass is 35.5. The van der Waals surface area contributed by atoms with Gasteiger partial charge in [-0.25, -0.2) is 0 Å². The molecule has 1 aromatic heterocycles. The van der Waals surface area contributed by atoms with Gasteiger partial charge in [0.15, 0.2) is 0 Å². The molecule has 0 unspecified atom stereocenters. The molecule has 0 amide bonds. The zero-order valence-corrected chi connectivity index (χ0v) is 9.06. The molecule has 0 fully saturated rings. The Morgan fingerprint density at radius 2 is 2.19 bits per heavy atom. The molecule has 0 aromatic carbocycles. The van der Waals surface area contributed by atoms with Crippen LogP contribution in [0.15, 0.2) is 6.20 Å². The quantitative estimate of drug-likeness (QED) is 0.829. The minimum Gasteiger partial charge on any atom is -0.361 e. The average Bonchev–Trinajstić information content (AvgIpc) is 2.51. The average molecular weight is 253 g/mol. The first-order valence-corrected chi connectivity index (χ1v) is 4.73. The molecule has 7 heteroatoms. The second-order valence-electron chi connectivity index (χ2n) is 2.91. The molecule has 0 saturated heterocycles. The fourth-order valence-corrected chi connectivity index (χ4v) is 1.49. The van der Waals surface area contributed by atoms with Crippen molar-refractivity contribution in [2.24, 2.45) is 0 Å². The lowest BCUT2D eigenvalue weighted by atomic mass is 10.3. The van der Waals surface area contributed by atoms with Crippen LogP contribution >= 0.6 is 11.6 Å². The number of hydrogen-bond acceptors (Lipinski definition) is 2. The highest BCUT2D eigenvalue weighted by Gasteiger charge is 2.38. The van der Waals surface area contributed by atoms with E-state index in [1.807, 2.05) is 0 Å². The summed E-state index contributed by atoms with van der Waals surface area (Å²) >= 11 is 5.47. The van der Waals surface area contributed by atoms with Crippen molar-refractivity contribution in [3.63, 3.8) is 0 Å². The van der Waals surface area contributed by atoms with Crippen LogP contribution < -0.4 is 0 Å². The predicted molar refractivity (Wildman–Crippen MR) is 50.8 cm³/mol. The molecule has 0 aliphatic heterocycles. The maximum absolute atomic E-state index is 12.6. The Morgan fingerprint density at radius 3 is 2.62 bits per heavy atom. The smallest absolute Gasteiger partial charge is 0.361 e. The standard InChI is InChI=1S/C9H8ClF3N2O/c1-2-16-5-15-4-6(3-14)7(10)8(15)9(11,12)13/h4H,2,5H2,1H3. The van der Waals surface area contributed by atoms with Crippen LogP contribution in [0.2, 0.25) is 5.02 Å². The first kappa shape index (κ1) is 12.9. The fourth-order valence-electron chi connectivity index (χ4n) is 1.19. The molecular weight excluding hydrogens is 245 g/mol. The lowest BCUT2D eigenvalue weighted by Gasteiger charge is -2.11. The summed E-state index contributed by atoms with van der Waals surface area (Å²) in [6, 6.07) is 1.60. The van der Waals surface area contributed by atoms with Crippen LogP contribution in [-0.4, -0.2) is 11.2 Å². The van der Waals surface area contributed by atoms with Gasteiger partial charge in [-0.1, -0.05) is 11.6 Å². The van der Waals surface area contributed by atoms with Crippen LogP contribution in [0.3, 0.4) is 0 Å². The van der Waals surface area contributed by atoms with E-state index < -0.39 is 16.9 Å². The molecule has 0 atom stereocenters. The Balaban J connectivity index is 3.21. The summed E-state index contributed by atoms with van der Waals surface area (Å²) in [7, 11) is 0. The molecule has 16 heavy (non-hydrogen) atoms. The van der Waals surface area contributed by atoms with Crippen LogP contribution in [0.4, 0.5) is 13.2 Å². The molecule has 3 nitrogen and oxygen atoms in total. The van der Waals surface area contributed by atoms with E-state index in [-0.39, 0.29) is 18.9 Å². The number of ether oxygens (including phenoxy) is 1. The van der Waals surface area contributed by atoms with E-state index in [1.54, 1.807) is 13.0 Å². The van der Waals surface area contributed by atoms with Crippen LogP contribution in [0, 0.1) is 11.3 Å². The van der Waals surface area contributed by atoms with Crippen molar-refractivity contribution >= 4 is 11.6 Å². The number of halogens is 4. The van der Waals surface area contributed by atoms with Crippen LogP contribution in [-0.2, 0) is 17.6 Å². The number of alkyl halides is 3. The summed E-state index contributed by atoms with van der Waals surface area (Å²) in [6.45, 7) is 1.64. The topological polar surface area (TPSA) is 38.0 Å². The van der Waals surface area contributed by atoms with Gasteiger partial charge in [0, 0.05) is 12.8 Å². The zero-order valence-electron chi connectivity index (χ0n) is 8.31. The monoisotopic (exact) mass is 252 g/mol. The summed E-state index contributed by atoms with van der Waals surface area (Å²) in [4.78, 5) is 0. The molecule has 0 aliphatic rings. The van der Waals surface area contributed by atoms with Crippen LogP contribution in [0.1, 0.15) is 18.2 Å². The minimum atomic E-state index is -4.61. The maximum atomic E-state index is 12.6. The summed E-state index contributed by atoms with van der Waals surface area (Å²) in [6.07, 6.45) is -3.58.